The number of nitrogens with one attached hydrogen (secondary N) is 2. The molecule has 2 rings (SSSR count). The maximum atomic E-state index is 11.9. The van der Waals surface area contributed by atoms with E-state index >= 15 is 0 Å². The Hall–Kier alpha value is -3.09. The zero-order valence-corrected chi connectivity index (χ0v) is 12.8. The molecular formula is C16H17N3O4. The number of amides is 2. The lowest BCUT2D eigenvalue weighted by Gasteiger charge is -2.10. The molecule has 2 aromatic rings. The average Bonchev–Trinajstić information content (AvgIpc) is 2.60. The fourth-order valence-corrected chi connectivity index (χ4v) is 1.87. The van der Waals surface area contributed by atoms with E-state index in [0.717, 1.165) is 5.56 Å². The number of nitrogens with zero attached hydrogens (tertiary/aromatic N) is 1. The third-order valence-corrected chi connectivity index (χ3v) is 3.02. The highest BCUT2D eigenvalue weighted by molar-refractivity contribution is 6.39. The van der Waals surface area contributed by atoms with E-state index in [4.69, 9.17) is 9.47 Å². The van der Waals surface area contributed by atoms with Gasteiger partial charge in [0.2, 0.25) is 0 Å². The van der Waals surface area contributed by atoms with Crippen molar-refractivity contribution in [3.63, 3.8) is 0 Å². The smallest absolute Gasteiger partial charge is 0.313 e. The summed E-state index contributed by atoms with van der Waals surface area (Å²) < 4.78 is 10.2. The first-order chi connectivity index (χ1) is 11.1. The molecule has 2 N–H and O–H groups in total. The zero-order chi connectivity index (χ0) is 16.7. The van der Waals surface area contributed by atoms with Crippen molar-refractivity contribution in [1.29, 1.82) is 0 Å². The van der Waals surface area contributed by atoms with Crippen LogP contribution in [-0.4, -0.2) is 31.0 Å². The van der Waals surface area contributed by atoms with Crippen LogP contribution in [0.4, 0.5) is 5.69 Å². The molecule has 7 nitrogen and oxygen atoms in total. The summed E-state index contributed by atoms with van der Waals surface area (Å²) >= 11 is 0. The van der Waals surface area contributed by atoms with E-state index in [1.54, 1.807) is 42.7 Å². The van der Waals surface area contributed by atoms with E-state index in [1.165, 1.54) is 14.2 Å². The monoisotopic (exact) mass is 315 g/mol. The summed E-state index contributed by atoms with van der Waals surface area (Å²) in [5, 5.41) is 5.03. The van der Waals surface area contributed by atoms with Gasteiger partial charge in [0, 0.05) is 30.7 Å². The summed E-state index contributed by atoms with van der Waals surface area (Å²) in [6, 6.07) is 8.39. The lowest BCUT2D eigenvalue weighted by molar-refractivity contribution is -0.136. The first-order valence-corrected chi connectivity index (χ1v) is 6.84. The molecule has 0 radical (unpaired) electrons. The van der Waals surface area contributed by atoms with Gasteiger partial charge in [-0.05, 0) is 23.8 Å². The van der Waals surface area contributed by atoms with Crippen LogP contribution in [0, 0.1) is 0 Å². The molecule has 0 aliphatic carbocycles. The van der Waals surface area contributed by atoms with Crippen LogP contribution in [0.3, 0.4) is 0 Å². The molecule has 0 saturated carbocycles. The Morgan fingerprint density at radius 1 is 1.09 bits per heavy atom. The van der Waals surface area contributed by atoms with Gasteiger partial charge in [-0.15, -0.1) is 0 Å². The fraction of sp³-hybridized carbons (Fsp3) is 0.188. The first kappa shape index (κ1) is 16.3. The van der Waals surface area contributed by atoms with Gasteiger partial charge in [-0.25, -0.2) is 0 Å². The highest BCUT2D eigenvalue weighted by Gasteiger charge is 2.14. The van der Waals surface area contributed by atoms with Crippen LogP contribution in [0.1, 0.15) is 5.56 Å². The topological polar surface area (TPSA) is 89.5 Å². The summed E-state index contributed by atoms with van der Waals surface area (Å²) in [5.74, 6) is -0.502. The lowest BCUT2D eigenvalue weighted by atomic mass is 10.2. The molecule has 0 aliphatic heterocycles. The van der Waals surface area contributed by atoms with Crippen LogP contribution in [0.25, 0.3) is 0 Å². The minimum absolute atomic E-state index is 0.228. The van der Waals surface area contributed by atoms with Crippen molar-refractivity contribution < 1.29 is 19.1 Å². The van der Waals surface area contributed by atoms with Crippen molar-refractivity contribution in [3.8, 4) is 11.5 Å². The molecule has 1 heterocycles. The van der Waals surface area contributed by atoms with Crippen LogP contribution >= 0.6 is 0 Å². The van der Waals surface area contributed by atoms with Crippen molar-refractivity contribution in [2.75, 3.05) is 19.5 Å². The van der Waals surface area contributed by atoms with Crippen molar-refractivity contribution in [2.24, 2.45) is 0 Å². The van der Waals surface area contributed by atoms with Gasteiger partial charge in [0.15, 0.2) is 11.5 Å². The third-order valence-electron chi connectivity index (χ3n) is 3.02. The number of benzene rings is 1. The van der Waals surface area contributed by atoms with Crippen molar-refractivity contribution >= 4 is 17.5 Å². The Morgan fingerprint density at radius 2 is 1.87 bits per heavy atom. The van der Waals surface area contributed by atoms with Gasteiger partial charge in [0.1, 0.15) is 0 Å². The summed E-state index contributed by atoms with van der Waals surface area (Å²) in [5.41, 5.74) is 1.24. The predicted molar refractivity (Wildman–Crippen MR) is 84.3 cm³/mol. The third kappa shape index (κ3) is 4.44. The average molecular weight is 315 g/mol. The second-order valence-corrected chi connectivity index (χ2v) is 4.57. The molecule has 120 valence electrons. The van der Waals surface area contributed by atoms with Crippen molar-refractivity contribution in [2.45, 2.75) is 6.54 Å². The van der Waals surface area contributed by atoms with Gasteiger partial charge in [-0.3, -0.25) is 14.6 Å². The molecule has 7 heteroatoms. The van der Waals surface area contributed by atoms with Crippen molar-refractivity contribution in [3.05, 3.63) is 48.3 Å². The number of pyridine rings is 1. The maximum Gasteiger partial charge on any atom is 0.313 e. The van der Waals surface area contributed by atoms with E-state index in [0.29, 0.717) is 17.2 Å². The summed E-state index contributed by atoms with van der Waals surface area (Å²) in [6.45, 7) is 0.228. The number of ether oxygens (including phenoxy) is 2. The standard InChI is InChI=1S/C16H17N3O4/c1-22-13-6-5-12(8-14(13)23-2)19-16(21)15(20)18-10-11-4-3-7-17-9-11/h3-9H,10H2,1-2H3,(H,18,20)(H,19,21). The normalized spacial score (nSPS) is 9.83. The number of methoxy groups -OCH3 is 2. The van der Waals surface area contributed by atoms with Gasteiger partial charge in [0.25, 0.3) is 0 Å². The Labute approximate surface area is 133 Å². The van der Waals surface area contributed by atoms with Gasteiger partial charge in [-0.2, -0.15) is 0 Å². The summed E-state index contributed by atoms with van der Waals surface area (Å²) in [4.78, 5) is 27.6. The van der Waals surface area contributed by atoms with E-state index < -0.39 is 11.8 Å². The second-order valence-electron chi connectivity index (χ2n) is 4.57. The largest absolute Gasteiger partial charge is 0.493 e. The highest BCUT2D eigenvalue weighted by Crippen LogP contribution is 2.29. The van der Waals surface area contributed by atoms with Crippen molar-refractivity contribution in [1.82, 2.24) is 10.3 Å². The van der Waals surface area contributed by atoms with Crippen LogP contribution in [0.2, 0.25) is 0 Å². The molecule has 2 amide bonds. The SMILES string of the molecule is COc1ccc(NC(=O)C(=O)NCc2cccnc2)cc1OC. The quantitative estimate of drug-likeness (QED) is 0.813. The predicted octanol–water partition coefficient (Wildman–Crippen LogP) is 1.35. The van der Waals surface area contributed by atoms with E-state index in [9.17, 15) is 9.59 Å². The number of hydrogen-bond acceptors (Lipinski definition) is 5. The minimum Gasteiger partial charge on any atom is -0.493 e. The van der Waals surface area contributed by atoms with Gasteiger partial charge in [-0.1, -0.05) is 6.07 Å². The number of anilines is 1. The number of hydrogen-bond donors (Lipinski definition) is 2. The van der Waals surface area contributed by atoms with Gasteiger partial charge >= 0.3 is 11.8 Å². The second kappa shape index (κ2) is 7.79. The Bertz CT molecular complexity index is 689. The molecule has 23 heavy (non-hydrogen) atoms. The summed E-state index contributed by atoms with van der Waals surface area (Å²) in [7, 11) is 3.01. The Morgan fingerprint density at radius 3 is 2.52 bits per heavy atom. The number of carbonyl (C=O) groups excluding carboxylic acids is 2. The highest BCUT2D eigenvalue weighted by atomic mass is 16.5. The van der Waals surface area contributed by atoms with E-state index in [2.05, 4.69) is 15.6 Å². The maximum absolute atomic E-state index is 11.9. The fourth-order valence-electron chi connectivity index (χ4n) is 1.87. The Kier molecular flexibility index (Phi) is 5.51. The van der Waals surface area contributed by atoms with E-state index in [1.807, 2.05) is 0 Å². The molecule has 0 atom stereocenters. The van der Waals surface area contributed by atoms with Crippen LogP contribution in [0.5, 0.6) is 11.5 Å². The number of rotatable bonds is 5. The first-order valence-electron chi connectivity index (χ1n) is 6.84. The molecule has 0 bridgehead atoms. The molecule has 0 fully saturated rings. The molecule has 0 spiro atoms. The molecule has 1 aromatic heterocycles. The van der Waals surface area contributed by atoms with Crippen LogP contribution in [-0.2, 0) is 16.1 Å². The lowest BCUT2D eigenvalue weighted by Crippen LogP contribution is -2.34. The summed E-state index contributed by atoms with van der Waals surface area (Å²) in [6.07, 6.45) is 3.25. The molecule has 0 unspecified atom stereocenters. The van der Waals surface area contributed by atoms with Gasteiger partial charge in [0.05, 0.1) is 14.2 Å². The Balaban J connectivity index is 1.94. The number of carbonyl (C=O) groups is 2. The molecule has 0 saturated heterocycles. The minimum atomic E-state index is -0.763. The molecule has 0 aliphatic rings. The number of aromatic nitrogens is 1. The van der Waals surface area contributed by atoms with Crippen LogP contribution < -0.4 is 20.1 Å². The molecule has 1 aromatic carbocycles. The van der Waals surface area contributed by atoms with E-state index in [-0.39, 0.29) is 6.54 Å². The zero-order valence-electron chi connectivity index (χ0n) is 12.8. The van der Waals surface area contributed by atoms with Gasteiger partial charge < -0.3 is 20.1 Å². The van der Waals surface area contributed by atoms with Crippen LogP contribution in [0.15, 0.2) is 42.7 Å². The molecular weight excluding hydrogens is 298 g/mol.